The highest BCUT2D eigenvalue weighted by atomic mass is 16.5. The van der Waals surface area contributed by atoms with Crippen molar-refractivity contribution in [2.24, 2.45) is 0 Å². The van der Waals surface area contributed by atoms with Gasteiger partial charge in [-0.05, 0) is 55.2 Å². The van der Waals surface area contributed by atoms with Crippen LogP contribution in [-0.2, 0) is 4.79 Å². The molecule has 0 aliphatic heterocycles. The average molecular weight is 326 g/mol. The molecule has 0 saturated carbocycles. The third-order valence-electron chi connectivity index (χ3n) is 4.23. The molecular formula is C20H26N2O2. The first-order valence-electron chi connectivity index (χ1n) is 8.35. The van der Waals surface area contributed by atoms with Gasteiger partial charge in [-0.3, -0.25) is 4.79 Å². The second kappa shape index (κ2) is 8.39. The zero-order valence-corrected chi connectivity index (χ0v) is 14.8. The number of hydrogen-bond acceptors (Lipinski definition) is 3. The zero-order valence-electron chi connectivity index (χ0n) is 14.8. The largest absolute Gasteiger partial charge is 0.497 e. The molecule has 2 rings (SSSR count). The fraction of sp³-hybridized carbons (Fsp3) is 0.350. The number of nitrogens with one attached hydrogen (secondary N) is 2. The molecule has 2 aromatic carbocycles. The Morgan fingerprint density at radius 2 is 1.75 bits per heavy atom. The number of ether oxygens (including phenoxy) is 1. The van der Waals surface area contributed by atoms with Gasteiger partial charge >= 0.3 is 0 Å². The monoisotopic (exact) mass is 326 g/mol. The molecule has 0 radical (unpaired) electrons. The molecule has 0 aliphatic rings. The molecule has 1 amide bonds. The summed E-state index contributed by atoms with van der Waals surface area (Å²) in [7, 11) is 1.63. The molecule has 2 N–H and O–H groups in total. The van der Waals surface area contributed by atoms with Crippen molar-refractivity contribution >= 4 is 17.3 Å². The lowest BCUT2D eigenvalue weighted by Gasteiger charge is -2.19. The maximum atomic E-state index is 12.5. The number of benzene rings is 2. The molecule has 4 heteroatoms. The van der Waals surface area contributed by atoms with Crippen LogP contribution in [0.3, 0.4) is 0 Å². The van der Waals surface area contributed by atoms with Gasteiger partial charge in [0.25, 0.3) is 0 Å². The molecular weight excluding hydrogens is 300 g/mol. The Morgan fingerprint density at radius 1 is 1.08 bits per heavy atom. The molecule has 0 aliphatic carbocycles. The Bertz CT molecular complexity index is 668. The van der Waals surface area contributed by atoms with Crippen molar-refractivity contribution in [3.63, 3.8) is 0 Å². The Morgan fingerprint density at radius 3 is 2.38 bits per heavy atom. The van der Waals surface area contributed by atoms with Crippen LogP contribution in [0.15, 0.2) is 48.5 Å². The summed E-state index contributed by atoms with van der Waals surface area (Å²) in [4.78, 5) is 12.5. The maximum absolute atomic E-state index is 12.5. The van der Waals surface area contributed by atoms with Crippen molar-refractivity contribution in [3.05, 3.63) is 54.1 Å². The predicted octanol–water partition coefficient (Wildman–Crippen LogP) is 4.65. The van der Waals surface area contributed by atoms with Gasteiger partial charge in [-0.25, -0.2) is 0 Å². The molecule has 4 nitrogen and oxygen atoms in total. The van der Waals surface area contributed by atoms with Gasteiger partial charge in [0.1, 0.15) is 11.8 Å². The molecule has 0 heterocycles. The minimum absolute atomic E-state index is 0.0541. The van der Waals surface area contributed by atoms with Crippen LogP contribution in [0.5, 0.6) is 5.75 Å². The lowest BCUT2D eigenvalue weighted by atomic mass is 9.97. The quantitative estimate of drug-likeness (QED) is 0.779. The minimum Gasteiger partial charge on any atom is -0.497 e. The number of hydrogen-bond donors (Lipinski definition) is 2. The minimum atomic E-state index is -0.344. The molecule has 0 aromatic heterocycles. The first-order chi connectivity index (χ1) is 11.5. The highest BCUT2D eigenvalue weighted by molar-refractivity contribution is 5.96. The first-order valence-corrected chi connectivity index (χ1v) is 8.35. The first kappa shape index (κ1) is 17.9. The zero-order chi connectivity index (χ0) is 17.5. The Kier molecular flexibility index (Phi) is 6.24. The lowest BCUT2D eigenvalue weighted by Crippen LogP contribution is -2.32. The van der Waals surface area contributed by atoms with Crippen LogP contribution < -0.4 is 15.4 Å². The van der Waals surface area contributed by atoms with Gasteiger partial charge in [0.15, 0.2) is 0 Å². The predicted molar refractivity (Wildman–Crippen MR) is 99.9 cm³/mol. The summed E-state index contributed by atoms with van der Waals surface area (Å²) in [6.07, 6.45) is 1.03. The van der Waals surface area contributed by atoms with E-state index >= 15 is 0 Å². The average Bonchev–Trinajstić information content (AvgIpc) is 2.62. The molecule has 2 atom stereocenters. The Labute approximate surface area is 144 Å². The van der Waals surface area contributed by atoms with E-state index in [4.69, 9.17) is 4.74 Å². The number of para-hydroxylation sites is 1. The second-order valence-electron chi connectivity index (χ2n) is 5.98. The number of rotatable bonds is 7. The van der Waals surface area contributed by atoms with E-state index in [-0.39, 0.29) is 11.9 Å². The van der Waals surface area contributed by atoms with Gasteiger partial charge in [-0.15, -0.1) is 0 Å². The van der Waals surface area contributed by atoms with E-state index in [0.717, 1.165) is 23.5 Å². The summed E-state index contributed by atoms with van der Waals surface area (Å²) < 4.78 is 5.14. The molecule has 0 unspecified atom stereocenters. The summed E-state index contributed by atoms with van der Waals surface area (Å²) in [6.45, 7) is 6.17. The van der Waals surface area contributed by atoms with Crippen molar-refractivity contribution < 1.29 is 9.53 Å². The maximum Gasteiger partial charge on any atom is 0.246 e. The topological polar surface area (TPSA) is 50.4 Å². The van der Waals surface area contributed by atoms with Gasteiger partial charge in [0.2, 0.25) is 5.91 Å². The normalized spacial score (nSPS) is 13.0. The molecule has 128 valence electrons. The van der Waals surface area contributed by atoms with Gasteiger partial charge in [-0.1, -0.05) is 32.0 Å². The molecule has 0 fully saturated rings. The van der Waals surface area contributed by atoms with Crippen molar-refractivity contribution in [3.8, 4) is 5.75 Å². The molecule has 24 heavy (non-hydrogen) atoms. The van der Waals surface area contributed by atoms with Crippen LogP contribution in [0, 0.1) is 0 Å². The Hall–Kier alpha value is -2.49. The van der Waals surface area contributed by atoms with Crippen LogP contribution in [0.25, 0.3) is 0 Å². The van der Waals surface area contributed by atoms with Crippen LogP contribution in [0.2, 0.25) is 0 Å². The highest BCUT2D eigenvalue weighted by Gasteiger charge is 2.16. The van der Waals surface area contributed by atoms with Crippen molar-refractivity contribution in [1.82, 2.24) is 0 Å². The number of methoxy groups -OCH3 is 1. The van der Waals surface area contributed by atoms with E-state index in [1.165, 1.54) is 5.56 Å². The number of anilines is 2. The van der Waals surface area contributed by atoms with Crippen molar-refractivity contribution in [2.75, 3.05) is 17.7 Å². The van der Waals surface area contributed by atoms with Crippen molar-refractivity contribution in [1.29, 1.82) is 0 Å². The summed E-state index contributed by atoms with van der Waals surface area (Å²) in [5, 5.41) is 6.25. The number of amides is 1. The summed E-state index contributed by atoms with van der Waals surface area (Å²) >= 11 is 0. The number of carbonyl (C=O) groups excluding carboxylic acids is 1. The van der Waals surface area contributed by atoms with E-state index in [1.54, 1.807) is 7.11 Å². The van der Waals surface area contributed by atoms with Crippen LogP contribution in [0.4, 0.5) is 11.4 Å². The summed E-state index contributed by atoms with van der Waals surface area (Å²) in [5.74, 6) is 1.15. The Balaban J connectivity index is 2.03. The number of carbonyl (C=O) groups is 1. The van der Waals surface area contributed by atoms with E-state index in [2.05, 4.69) is 30.5 Å². The van der Waals surface area contributed by atoms with Crippen LogP contribution in [0.1, 0.15) is 38.7 Å². The molecule has 0 saturated heterocycles. The standard InChI is InChI=1S/C20H26N2O2/c1-5-14(2)18-8-6-7-9-19(18)22-20(23)15(3)21-16-10-12-17(24-4)13-11-16/h6-15,21H,5H2,1-4H3,(H,22,23)/t14-,15+/m1/s1. The van der Waals surface area contributed by atoms with Crippen LogP contribution >= 0.6 is 0 Å². The molecule has 0 bridgehead atoms. The van der Waals surface area contributed by atoms with E-state index < -0.39 is 0 Å². The fourth-order valence-corrected chi connectivity index (χ4v) is 2.50. The fourth-order valence-electron chi connectivity index (χ4n) is 2.50. The van der Waals surface area contributed by atoms with Gasteiger partial charge in [0.05, 0.1) is 7.11 Å². The summed E-state index contributed by atoms with van der Waals surface area (Å²) in [5.41, 5.74) is 2.94. The SMILES string of the molecule is CC[C@@H](C)c1ccccc1NC(=O)[C@H](C)Nc1ccc(OC)cc1. The third-order valence-corrected chi connectivity index (χ3v) is 4.23. The van der Waals surface area contributed by atoms with E-state index in [1.807, 2.05) is 49.4 Å². The highest BCUT2D eigenvalue weighted by Crippen LogP contribution is 2.26. The van der Waals surface area contributed by atoms with E-state index in [0.29, 0.717) is 5.92 Å². The lowest BCUT2D eigenvalue weighted by molar-refractivity contribution is -0.116. The van der Waals surface area contributed by atoms with Gasteiger partial charge in [-0.2, -0.15) is 0 Å². The summed E-state index contributed by atoms with van der Waals surface area (Å²) in [6, 6.07) is 15.2. The smallest absolute Gasteiger partial charge is 0.246 e. The van der Waals surface area contributed by atoms with Crippen molar-refractivity contribution in [2.45, 2.75) is 39.2 Å². The second-order valence-corrected chi connectivity index (χ2v) is 5.98. The van der Waals surface area contributed by atoms with E-state index in [9.17, 15) is 4.79 Å². The molecule has 2 aromatic rings. The van der Waals surface area contributed by atoms with Gasteiger partial charge in [0, 0.05) is 11.4 Å². The van der Waals surface area contributed by atoms with Gasteiger partial charge < -0.3 is 15.4 Å². The molecule has 0 spiro atoms. The van der Waals surface area contributed by atoms with Crippen LogP contribution in [-0.4, -0.2) is 19.1 Å². The third kappa shape index (κ3) is 4.51.